The van der Waals surface area contributed by atoms with E-state index in [4.69, 9.17) is 44.9 Å². The minimum atomic E-state index is -3.59. The number of rotatable bonds is 3. The van der Waals surface area contributed by atoms with E-state index in [-0.39, 0.29) is 6.04 Å². The number of fused-ring (bicyclic) bond motifs is 1. The number of halogens is 1. The first-order chi connectivity index (χ1) is 16.9. The second-order valence-corrected chi connectivity index (χ2v) is 11.2. The van der Waals surface area contributed by atoms with E-state index in [1.54, 1.807) is 0 Å². The Morgan fingerprint density at radius 1 is 1.11 bits per heavy atom. The maximum atomic E-state index is 12.5. The zero-order valence-electron chi connectivity index (χ0n) is 19.3. The average molecular weight is 519 g/mol. The fraction of sp³-hybridized carbons (Fsp3) is 0.500. The van der Waals surface area contributed by atoms with Crippen molar-refractivity contribution in [1.29, 1.82) is 0 Å². The van der Waals surface area contributed by atoms with Crippen LogP contribution in [0.1, 0.15) is 18.3 Å². The molecule has 8 rings (SSSR count). The number of nitrogens with zero attached hydrogens (tertiary/aromatic N) is 6. The van der Waals surface area contributed by atoms with Gasteiger partial charge in [-0.2, -0.15) is 0 Å². The Morgan fingerprint density at radius 2 is 1.89 bits per heavy atom. The quantitative estimate of drug-likeness (QED) is 0.479. The van der Waals surface area contributed by atoms with Gasteiger partial charge in [0.15, 0.2) is 23.1 Å². The third-order valence-electron chi connectivity index (χ3n) is 7.02. The summed E-state index contributed by atoms with van der Waals surface area (Å²) in [5.41, 5.74) is 2.11. The van der Waals surface area contributed by atoms with Crippen LogP contribution in [0.4, 0.5) is 5.82 Å². The van der Waals surface area contributed by atoms with Crippen LogP contribution in [0.15, 0.2) is 24.3 Å². The summed E-state index contributed by atoms with van der Waals surface area (Å²) in [5, 5.41) is 0.564. The van der Waals surface area contributed by atoms with Crippen LogP contribution in [-0.4, -0.2) is 76.3 Å². The number of imidazole rings is 1. The molecule has 0 aliphatic carbocycles. The maximum absolute atomic E-state index is 12.5. The monoisotopic (exact) mass is 518 g/mol. The van der Waals surface area contributed by atoms with Crippen molar-refractivity contribution in [3.8, 4) is 11.4 Å². The zero-order valence-corrected chi connectivity index (χ0v) is 20.9. The van der Waals surface area contributed by atoms with Crippen LogP contribution in [-0.2, 0) is 22.9 Å². The number of anilines is 1. The molecule has 2 aromatic heterocycles. The SMILES string of the molecule is Cc1nc(N2CCN(C)CC2)c2nc(-c3ccccc3Cl)n(C3CCOC45OP(=O)(OC34)O5)c2n1. The molecule has 11 nitrogen and oxygen atoms in total. The Kier molecular flexibility index (Phi) is 4.86. The summed E-state index contributed by atoms with van der Waals surface area (Å²) in [5.74, 6) is 0.604. The van der Waals surface area contributed by atoms with E-state index in [0.717, 1.165) is 37.6 Å². The normalized spacial score (nSPS) is 32.6. The number of aromatic nitrogens is 4. The van der Waals surface area contributed by atoms with Gasteiger partial charge in [0.1, 0.15) is 11.6 Å². The Labute approximate surface area is 206 Å². The molecule has 1 spiro atoms. The van der Waals surface area contributed by atoms with Gasteiger partial charge in [-0.25, -0.2) is 28.6 Å². The molecule has 2 atom stereocenters. The molecule has 0 N–H and O–H groups in total. The van der Waals surface area contributed by atoms with Gasteiger partial charge in [0, 0.05) is 31.7 Å². The summed E-state index contributed by atoms with van der Waals surface area (Å²) < 4.78 is 37.0. The first-order valence-electron chi connectivity index (χ1n) is 11.6. The smallest absolute Gasteiger partial charge is 0.352 e. The molecule has 5 aliphatic rings. The molecular weight excluding hydrogens is 495 g/mol. The highest BCUT2D eigenvalue weighted by Crippen LogP contribution is 2.76. The maximum Gasteiger partial charge on any atom is 0.484 e. The fourth-order valence-electron chi connectivity index (χ4n) is 5.30. The number of hydrogen-bond acceptors (Lipinski definition) is 10. The molecule has 5 aliphatic heterocycles. The topological polar surface area (TPSA) is 104 Å². The molecule has 2 unspecified atom stereocenters. The van der Waals surface area contributed by atoms with Crippen molar-refractivity contribution >= 4 is 36.4 Å². The zero-order chi connectivity index (χ0) is 23.9. The van der Waals surface area contributed by atoms with Gasteiger partial charge < -0.3 is 19.1 Å². The van der Waals surface area contributed by atoms with Crippen molar-refractivity contribution in [3.05, 3.63) is 35.1 Å². The molecule has 13 heteroatoms. The molecule has 2 bridgehead atoms. The van der Waals surface area contributed by atoms with Gasteiger partial charge in [-0.1, -0.05) is 23.7 Å². The van der Waals surface area contributed by atoms with Crippen LogP contribution >= 0.6 is 19.4 Å². The Bertz CT molecular complexity index is 1380. The summed E-state index contributed by atoms with van der Waals surface area (Å²) in [6.45, 7) is 5.77. The minimum absolute atomic E-state index is 0.335. The Balaban J connectivity index is 1.45. The standard InChI is InChI=1S/C22H24ClN6O5P/c1-13-24-20(28-10-8-27(2)9-11-28)17-21(25-13)29(19(26-17)14-5-3-4-6-15(14)23)16-7-12-31-22-18(16)32-35(30,33-22)34-22/h3-6,16,18H,7-12H2,1-2H3. The highest BCUT2D eigenvalue weighted by atomic mass is 35.5. The molecule has 5 saturated heterocycles. The number of phosphoric ester groups is 1. The van der Waals surface area contributed by atoms with Gasteiger partial charge in [0.25, 0.3) is 0 Å². The lowest BCUT2D eigenvalue weighted by molar-refractivity contribution is -0.366. The number of piperazine rings is 1. The minimum Gasteiger partial charge on any atom is -0.352 e. The second-order valence-electron chi connectivity index (χ2n) is 9.31. The van der Waals surface area contributed by atoms with E-state index >= 15 is 0 Å². The fourth-order valence-corrected chi connectivity index (χ4v) is 7.10. The average Bonchev–Trinajstić information content (AvgIpc) is 3.44. The van der Waals surface area contributed by atoms with Gasteiger partial charge in [0.05, 0.1) is 17.7 Å². The molecule has 184 valence electrons. The number of aryl methyl sites for hydroxylation is 1. The lowest BCUT2D eigenvalue weighted by Crippen LogP contribution is -2.53. The van der Waals surface area contributed by atoms with Crippen LogP contribution in [0.3, 0.4) is 0 Å². The first kappa shape index (κ1) is 22.1. The first-order valence-corrected chi connectivity index (χ1v) is 13.5. The molecule has 35 heavy (non-hydrogen) atoms. The van der Waals surface area contributed by atoms with E-state index in [1.165, 1.54) is 0 Å². The van der Waals surface area contributed by atoms with Gasteiger partial charge in [-0.15, -0.1) is 0 Å². The second kappa shape index (κ2) is 7.69. The van der Waals surface area contributed by atoms with Gasteiger partial charge in [-0.3, -0.25) is 4.52 Å². The highest BCUT2D eigenvalue weighted by Gasteiger charge is 2.76. The van der Waals surface area contributed by atoms with E-state index < -0.39 is 19.9 Å². The summed E-state index contributed by atoms with van der Waals surface area (Å²) in [6, 6.07) is 7.20. The van der Waals surface area contributed by atoms with Crippen molar-refractivity contribution in [1.82, 2.24) is 24.4 Å². The van der Waals surface area contributed by atoms with E-state index in [9.17, 15) is 4.57 Å². The Hall–Kier alpha value is -2.11. The van der Waals surface area contributed by atoms with E-state index in [1.807, 2.05) is 35.8 Å². The van der Waals surface area contributed by atoms with Crippen LogP contribution in [0, 0.1) is 6.92 Å². The summed E-state index contributed by atoms with van der Waals surface area (Å²) >= 11 is 6.65. The Morgan fingerprint density at radius 3 is 2.66 bits per heavy atom. The molecule has 3 aromatic rings. The number of hydrogen-bond donors (Lipinski definition) is 0. The summed E-state index contributed by atoms with van der Waals surface area (Å²) in [6.07, 6.45) is -0.169. The number of benzene rings is 1. The predicted octanol–water partition coefficient (Wildman–Crippen LogP) is 3.38. The van der Waals surface area contributed by atoms with Crippen molar-refractivity contribution in [2.45, 2.75) is 31.5 Å². The molecule has 0 amide bonds. The molecule has 0 saturated carbocycles. The summed E-state index contributed by atoms with van der Waals surface area (Å²) in [7, 11) is -1.47. The van der Waals surface area contributed by atoms with E-state index in [2.05, 4.69) is 16.8 Å². The van der Waals surface area contributed by atoms with Gasteiger partial charge in [0.2, 0.25) is 0 Å². The van der Waals surface area contributed by atoms with Crippen LogP contribution in [0.25, 0.3) is 22.6 Å². The number of phosphoric acid groups is 1. The molecule has 0 radical (unpaired) electrons. The molecular formula is C22H24ClN6O5P. The van der Waals surface area contributed by atoms with Crippen LogP contribution in [0.5, 0.6) is 0 Å². The third kappa shape index (κ3) is 3.30. The van der Waals surface area contributed by atoms with Crippen molar-refractivity contribution in [2.24, 2.45) is 0 Å². The van der Waals surface area contributed by atoms with Crippen LogP contribution < -0.4 is 4.90 Å². The molecule has 5 fully saturated rings. The van der Waals surface area contributed by atoms with Crippen molar-refractivity contribution in [2.75, 3.05) is 44.7 Å². The van der Waals surface area contributed by atoms with E-state index in [0.29, 0.717) is 40.9 Å². The van der Waals surface area contributed by atoms with Crippen LogP contribution in [0.2, 0.25) is 5.02 Å². The lowest BCUT2D eigenvalue weighted by Gasteiger charge is -2.41. The lowest BCUT2D eigenvalue weighted by atomic mass is 10.0. The number of ether oxygens (including phenoxy) is 1. The third-order valence-corrected chi connectivity index (χ3v) is 8.79. The highest BCUT2D eigenvalue weighted by molar-refractivity contribution is 7.50. The summed E-state index contributed by atoms with van der Waals surface area (Å²) in [4.78, 5) is 19.3. The van der Waals surface area contributed by atoms with Gasteiger partial charge >= 0.3 is 13.8 Å². The van der Waals surface area contributed by atoms with Gasteiger partial charge in [-0.05, 0) is 32.5 Å². The number of likely N-dealkylation sites (N-methyl/N-ethyl adjacent to an activating group) is 1. The predicted molar refractivity (Wildman–Crippen MR) is 127 cm³/mol. The largest absolute Gasteiger partial charge is 0.484 e. The molecule has 7 heterocycles. The molecule has 1 aromatic carbocycles. The van der Waals surface area contributed by atoms with Crippen molar-refractivity contribution in [3.63, 3.8) is 0 Å². The van der Waals surface area contributed by atoms with Crippen molar-refractivity contribution < 1.29 is 22.9 Å².